The molecule has 3 rings (SSSR count). The first-order chi connectivity index (χ1) is 13.8. The highest BCUT2D eigenvalue weighted by atomic mass is 79.9. The minimum Gasteiger partial charge on any atom is -0.350 e. The van der Waals surface area contributed by atoms with Crippen LogP contribution in [0.4, 0.5) is 8.78 Å². The molecule has 0 atom stereocenters. The normalized spacial score (nSPS) is 11.9. The van der Waals surface area contributed by atoms with Gasteiger partial charge in [-0.2, -0.15) is 0 Å². The second-order valence-electron chi connectivity index (χ2n) is 6.50. The lowest BCUT2D eigenvalue weighted by Crippen LogP contribution is -2.55. The number of aromatic amines is 1. The Kier molecular flexibility index (Phi) is 6.69. The van der Waals surface area contributed by atoms with Crippen molar-refractivity contribution in [2.45, 2.75) is 38.7 Å². The molecule has 3 heterocycles. The molecule has 3 N–H and O–H groups in total. The molecule has 29 heavy (non-hydrogen) atoms. The number of carbonyl (C=O) groups excluding carboxylic acids is 2. The first-order valence-corrected chi connectivity index (χ1v) is 11.3. The van der Waals surface area contributed by atoms with Crippen LogP contribution < -0.4 is 10.6 Å². The number of hydrogen-bond donors (Lipinski definition) is 3. The third-order valence-corrected chi connectivity index (χ3v) is 7.36. The van der Waals surface area contributed by atoms with Crippen LogP contribution >= 0.6 is 38.6 Å². The second-order valence-corrected chi connectivity index (χ2v) is 10.0. The summed E-state index contributed by atoms with van der Waals surface area (Å²) < 4.78 is 27.4. The van der Waals surface area contributed by atoms with E-state index < -0.39 is 17.9 Å². The summed E-state index contributed by atoms with van der Waals surface area (Å²) in [7, 11) is 0. The van der Waals surface area contributed by atoms with E-state index in [4.69, 9.17) is 0 Å². The number of rotatable bonds is 8. The molecule has 0 fully saturated rings. The number of fused-ring (bicyclic) bond motifs is 1. The lowest BCUT2D eigenvalue weighted by Gasteiger charge is -2.32. The van der Waals surface area contributed by atoms with Crippen LogP contribution in [0.5, 0.6) is 0 Å². The number of halogens is 3. The molecule has 0 spiro atoms. The first kappa shape index (κ1) is 21.8. The summed E-state index contributed by atoms with van der Waals surface area (Å²) >= 11 is 5.59. The smallest absolute Gasteiger partial charge is 0.280 e. The highest BCUT2D eigenvalue weighted by Gasteiger charge is 2.31. The summed E-state index contributed by atoms with van der Waals surface area (Å²) in [6.45, 7) is 3.99. The van der Waals surface area contributed by atoms with Crippen molar-refractivity contribution in [1.82, 2.24) is 20.6 Å². The molecular formula is C18H19BrF2N4O2S2. The number of nitrogens with one attached hydrogen (secondary N) is 3. The van der Waals surface area contributed by atoms with E-state index in [2.05, 4.69) is 36.5 Å². The van der Waals surface area contributed by atoms with Gasteiger partial charge in [0.15, 0.2) is 5.01 Å². The van der Waals surface area contributed by atoms with Crippen LogP contribution in [0.2, 0.25) is 0 Å². The maximum absolute atomic E-state index is 12.7. The zero-order valence-electron chi connectivity index (χ0n) is 15.6. The Bertz CT molecular complexity index is 995. The molecule has 2 amide bonds. The van der Waals surface area contributed by atoms with Crippen molar-refractivity contribution in [2.75, 3.05) is 6.54 Å². The Morgan fingerprint density at radius 1 is 1.24 bits per heavy atom. The molecule has 3 aromatic heterocycles. The first-order valence-electron chi connectivity index (χ1n) is 8.89. The molecule has 0 aliphatic heterocycles. The average Bonchev–Trinajstić information content (AvgIpc) is 3.39. The molecular weight excluding hydrogens is 486 g/mol. The molecule has 156 valence electrons. The van der Waals surface area contributed by atoms with Crippen LogP contribution in [0.15, 0.2) is 22.1 Å². The van der Waals surface area contributed by atoms with Gasteiger partial charge in [-0.15, -0.1) is 22.7 Å². The number of alkyl halides is 2. The average molecular weight is 505 g/mol. The standard InChI is InChI=1S/C18H19BrF2N4O2S2/c1-3-18(4-2,25-16(27)17-22-7-12(29-17)14(20)21)8-23-15(26)10-5-11-9(24-10)6-13(19)28-11/h5-7,14,24H,3-4,8H2,1-2H3,(H,23,26)(H,25,27). The molecule has 6 nitrogen and oxygen atoms in total. The quantitative estimate of drug-likeness (QED) is 0.398. The second kappa shape index (κ2) is 8.88. The Labute approximate surface area is 182 Å². The van der Waals surface area contributed by atoms with Crippen LogP contribution in [-0.2, 0) is 0 Å². The number of thiazole rings is 1. The van der Waals surface area contributed by atoms with Gasteiger partial charge >= 0.3 is 0 Å². The van der Waals surface area contributed by atoms with E-state index in [0.717, 1.165) is 20.2 Å². The predicted molar refractivity (Wildman–Crippen MR) is 114 cm³/mol. The summed E-state index contributed by atoms with van der Waals surface area (Å²) in [4.78, 5) is 31.7. The summed E-state index contributed by atoms with van der Waals surface area (Å²) in [6.07, 6.45) is -0.544. The minimum atomic E-state index is -2.66. The van der Waals surface area contributed by atoms with E-state index in [9.17, 15) is 18.4 Å². The number of thiophene rings is 1. The van der Waals surface area contributed by atoms with Crippen molar-refractivity contribution in [3.63, 3.8) is 0 Å². The van der Waals surface area contributed by atoms with Crippen LogP contribution in [0.25, 0.3) is 10.2 Å². The number of hydrogen-bond acceptors (Lipinski definition) is 5. The van der Waals surface area contributed by atoms with Gasteiger partial charge in [-0.3, -0.25) is 9.59 Å². The van der Waals surface area contributed by atoms with Crippen LogP contribution in [0.1, 0.15) is 58.3 Å². The van der Waals surface area contributed by atoms with Gasteiger partial charge in [0.05, 0.1) is 24.4 Å². The summed E-state index contributed by atoms with van der Waals surface area (Å²) in [5, 5.41) is 5.71. The molecule has 3 aromatic rings. The number of H-pyrrole nitrogens is 1. The van der Waals surface area contributed by atoms with Gasteiger partial charge in [-0.05, 0) is 40.9 Å². The number of nitrogens with zero attached hydrogens (tertiary/aromatic N) is 1. The van der Waals surface area contributed by atoms with Crippen LogP contribution in [-0.4, -0.2) is 33.9 Å². The Morgan fingerprint density at radius 3 is 2.55 bits per heavy atom. The molecule has 0 bridgehead atoms. The van der Waals surface area contributed by atoms with Gasteiger partial charge in [0, 0.05) is 12.7 Å². The Balaban J connectivity index is 1.67. The van der Waals surface area contributed by atoms with E-state index >= 15 is 0 Å². The summed E-state index contributed by atoms with van der Waals surface area (Å²) in [5.74, 6) is -0.802. The van der Waals surface area contributed by atoms with Crippen molar-refractivity contribution >= 4 is 60.6 Å². The molecule has 0 aliphatic rings. The summed E-state index contributed by atoms with van der Waals surface area (Å²) in [5.41, 5.74) is 0.597. The predicted octanol–water partition coefficient (Wildman–Crippen LogP) is 5.10. The third kappa shape index (κ3) is 4.84. The molecule has 0 aromatic carbocycles. The lowest BCUT2D eigenvalue weighted by atomic mass is 9.92. The highest BCUT2D eigenvalue weighted by molar-refractivity contribution is 9.11. The Morgan fingerprint density at radius 2 is 1.97 bits per heavy atom. The van der Waals surface area contributed by atoms with Gasteiger partial charge in [0.25, 0.3) is 18.2 Å². The number of amides is 2. The third-order valence-electron chi connectivity index (χ3n) is 4.77. The molecule has 0 saturated heterocycles. The SMILES string of the molecule is CCC(CC)(CNC(=O)c1cc2sc(Br)cc2[nH]1)NC(=O)c1ncc(C(F)F)s1. The molecule has 0 saturated carbocycles. The van der Waals surface area contributed by atoms with Gasteiger partial charge in [0.1, 0.15) is 5.69 Å². The zero-order chi connectivity index (χ0) is 21.2. The maximum atomic E-state index is 12.7. The summed E-state index contributed by atoms with van der Waals surface area (Å²) in [6, 6.07) is 3.68. The van der Waals surface area contributed by atoms with Crippen molar-refractivity contribution in [3.05, 3.63) is 37.7 Å². The van der Waals surface area contributed by atoms with E-state index in [1.807, 2.05) is 19.9 Å². The lowest BCUT2D eigenvalue weighted by molar-refractivity contribution is 0.0856. The van der Waals surface area contributed by atoms with Crippen molar-refractivity contribution in [2.24, 2.45) is 0 Å². The maximum Gasteiger partial charge on any atom is 0.280 e. The van der Waals surface area contributed by atoms with E-state index in [1.165, 1.54) is 11.3 Å². The van der Waals surface area contributed by atoms with Gasteiger partial charge in [-0.25, -0.2) is 13.8 Å². The van der Waals surface area contributed by atoms with E-state index in [1.54, 1.807) is 6.07 Å². The molecule has 0 radical (unpaired) electrons. The van der Waals surface area contributed by atoms with Crippen molar-refractivity contribution in [1.29, 1.82) is 0 Å². The van der Waals surface area contributed by atoms with Gasteiger partial charge < -0.3 is 15.6 Å². The zero-order valence-corrected chi connectivity index (χ0v) is 18.9. The van der Waals surface area contributed by atoms with Crippen molar-refractivity contribution < 1.29 is 18.4 Å². The van der Waals surface area contributed by atoms with Crippen molar-refractivity contribution in [3.8, 4) is 0 Å². The fourth-order valence-corrected chi connectivity index (χ4v) is 5.07. The molecule has 0 aliphatic carbocycles. The van der Waals surface area contributed by atoms with Crippen LogP contribution in [0.3, 0.4) is 0 Å². The molecule has 11 heteroatoms. The fourth-order valence-electron chi connectivity index (χ4n) is 2.87. The van der Waals surface area contributed by atoms with Gasteiger partial charge in [0.2, 0.25) is 0 Å². The topological polar surface area (TPSA) is 86.9 Å². The molecule has 0 unspecified atom stereocenters. The highest BCUT2D eigenvalue weighted by Crippen LogP contribution is 2.30. The van der Waals surface area contributed by atoms with E-state index in [-0.39, 0.29) is 22.3 Å². The van der Waals surface area contributed by atoms with E-state index in [0.29, 0.717) is 29.9 Å². The van der Waals surface area contributed by atoms with Gasteiger partial charge in [-0.1, -0.05) is 13.8 Å². The Hall–Kier alpha value is -1.85. The number of aromatic nitrogens is 2. The van der Waals surface area contributed by atoms with Crippen LogP contribution in [0, 0.1) is 0 Å². The monoisotopic (exact) mass is 504 g/mol. The number of carbonyl (C=O) groups is 2. The minimum absolute atomic E-state index is 0.0203. The largest absolute Gasteiger partial charge is 0.350 e. The fraction of sp³-hybridized carbons (Fsp3) is 0.389.